The number of carbonyl (C=O) groups excluding carboxylic acids is 1. The van der Waals surface area contributed by atoms with E-state index in [1.807, 2.05) is 43.3 Å². The number of nitro groups is 1. The molecule has 0 atom stereocenters. The van der Waals surface area contributed by atoms with E-state index in [4.69, 9.17) is 12.2 Å². The number of rotatable bonds is 5. The highest BCUT2D eigenvalue weighted by atomic mass is 32.2. The number of hydrogen-bond acceptors (Lipinski definition) is 7. The molecule has 0 unspecified atom stereocenters. The van der Waals surface area contributed by atoms with Crippen LogP contribution in [0.1, 0.15) is 11.1 Å². The van der Waals surface area contributed by atoms with Crippen LogP contribution in [0.25, 0.3) is 6.08 Å². The molecule has 2 aromatic carbocycles. The molecular weight excluding hydrogens is 396 g/mol. The second-order valence-electron chi connectivity index (χ2n) is 6.04. The lowest BCUT2D eigenvalue weighted by Crippen LogP contribution is -2.22. The third kappa shape index (κ3) is 4.26. The molecule has 1 aliphatic rings. The van der Waals surface area contributed by atoms with Crippen molar-refractivity contribution in [3.8, 4) is 0 Å². The largest absolute Gasteiger partial charge is 0.378 e. The monoisotopic (exact) mass is 412 g/mol. The van der Waals surface area contributed by atoms with Crippen molar-refractivity contribution in [1.82, 2.24) is 5.01 Å². The number of anilines is 1. The highest BCUT2D eigenvalue weighted by Gasteiger charge is 2.32. The quantitative estimate of drug-likeness (QED) is 0.244. The minimum atomic E-state index is -0.497. The van der Waals surface area contributed by atoms with Gasteiger partial charge in [0, 0.05) is 25.8 Å². The highest BCUT2D eigenvalue weighted by Crippen LogP contribution is 2.33. The molecule has 2 aromatic rings. The molecular formula is C19H16N4O3S2. The van der Waals surface area contributed by atoms with E-state index in [0.717, 1.165) is 28.0 Å². The number of hydrazone groups is 1. The predicted octanol–water partition coefficient (Wildman–Crippen LogP) is 3.90. The molecule has 1 saturated heterocycles. The molecule has 28 heavy (non-hydrogen) atoms. The predicted molar refractivity (Wildman–Crippen MR) is 116 cm³/mol. The molecule has 0 saturated carbocycles. The molecule has 1 amide bonds. The summed E-state index contributed by atoms with van der Waals surface area (Å²) in [5, 5.41) is 16.2. The van der Waals surface area contributed by atoms with Gasteiger partial charge in [-0.15, -0.1) is 0 Å². The Kier molecular flexibility index (Phi) is 5.86. The normalized spacial score (nSPS) is 15.6. The number of nitrogens with zero attached hydrogens (tertiary/aromatic N) is 4. The number of para-hydroxylation sites is 1. The third-order valence-electron chi connectivity index (χ3n) is 3.93. The first-order chi connectivity index (χ1) is 13.4. The zero-order chi connectivity index (χ0) is 20.3. The molecule has 9 heteroatoms. The Hall–Kier alpha value is -3.04. The summed E-state index contributed by atoms with van der Waals surface area (Å²) in [6, 6.07) is 13.9. The third-order valence-corrected chi connectivity index (χ3v) is 5.21. The Bertz CT molecular complexity index is 1000. The molecule has 3 rings (SSSR count). The maximum absolute atomic E-state index is 12.6. The number of carbonyl (C=O) groups is 1. The number of thiocarbonyl (C=S) groups is 1. The van der Waals surface area contributed by atoms with Crippen molar-refractivity contribution >= 4 is 57.9 Å². The molecule has 0 bridgehead atoms. The molecule has 0 N–H and O–H groups in total. The second-order valence-corrected chi connectivity index (χ2v) is 7.72. The van der Waals surface area contributed by atoms with Crippen molar-refractivity contribution in [3.05, 3.63) is 74.7 Å². The van der Waals surface area contributed by atoms with E-state index in [1.54, 1.807) is 24.3 Å². The van der Waals surface area contributed by atoms with Gasteiger partial charge in [-0.2, -0.15) is 10.1 Å². The number of thioether (sulfide) groups is 1. The van der Waals surface area contributed by atoms with Crippen LogP contribution >= 0.6 is 24.0 Å². The minimum Gasteiger partial charge on any atom is -0.378 e. The highest BCUT2D eigenvalue weighted by molar-refractivity contribution is 8.26. The lowest BCUT2D eigenvalue weighted by molar-refractivity contribution is -0.385. The van der Waals surface area contributed by atoms with Crippen LogP contribution in [0.3, 0.4) is 0 Å². The second kappa shape index (κ2) is 8.32. The Morgan fingerprint density at radius 2 is 1.86 bits per heavy atom. The summed E-state index contributed by atoms with van der Waals surface area (Å²) in [5.41, 5.74) is 2.13. The van der Waals surface area contributed by atoms with Gasteiger partial charge in [0.15, 0.2) is 4.32 Å². The summed E-state index contributed by atoms with van der Waals surface area (Å²) in [6.07, 6.45) is 3.02. The smallest absolute Gasteiger partial charge is 0.286 e. The Morgan fingerprint density at radius 1 is 1.18 bits per heavy atom. The zero-order valence-electron chi connectivity index (χ0n) is 15.1. The zero-order valence-corrected chi connectivity index (χ0v) is 16.7. The van der Waals surface area contributed by atoms with Gasteiger partial charge in [0.2, 0.25) is 0 Å². The van der Waals surface area contributed by atoms with E-state index in [-0.39, 0.29) is 15.9 Å². The molecule has 0 aromatic heterocycles. The van der Waals surface area contributed by atoms with E-state index in [2.05, 4.69) is 5.10 Å². The van der Waals surface area contributed by atoms with Crippen molar-refractivity contribution in [1.29, 1.82) is 0 Å². The summed E-state index contributed by atoms with van der Waals surface area (Å²) in [6.45, 7) is 0. The number of hydrogen-bond donors (Lipinski definition) is 0. The van der Waals surface area contributed by atoms with Crippen molar-refractivity contribution < 1.29 is 9.72 Å². The maximum Gasteiger partial charge on any atom is 0.286 e. The van der Waals surface area contributed by atoms with Gasteiger partial charge in [0.05, 0.1) is 21.6 Å². The topological polar surface area (TPSA) is 79.1 Å². The lowest BCUT2D eigenvalue weighted by Gasteiger charge is -2.11. The summed E-state index contributed by atoms with van der Waals surface area (Å²) < 4.78 is 0.274. The fourth-order valence-electron chi connectivity index (χ4n) is 2.46. The SMILES string of the molecule is CN(C)c1ccc(/C=C2/SC(=S)N(/N=C/c3ccccc3[N+](=O)[O-])C2=O)cc1. The number of nitro benzene ring substituents is 1. The van der Waals surface area contributed by atoms with Gasteiger partial charge in [-0.25, -0.2) is 0 Å². The first kappa shape index (κ1) is 19.7. The Morgan fingerprint density at radius 3 is 2.50 bits per heavy atom. The maximum atomic E-state index is 12.6. The molecule has 0 aliphatic carbocycles. The van der Waals surface area contributed by atoms with Crippen LogP contribution < -0.4 is 4.90 Å². The first-order valence-electron chi connectivity index (χ1n) is 8.19. The van der Waals surface area contributed by atoms with Gasteiger partial charge < -0.3 is 4.90 Å². The van der Waals surface area contributed by atoms with Crippen molar-refractivity contribution in [3.63, 3.8) is 0 Å². The molecule has 1 heterocycles. The minimum absolute atomic E-state index is 0.0896. The van der Waals surface area contributed by atoms with Crippen LogP contribution in [0.2, 0.25) is 0 Å². The average Bonchev–Trinajstić information content (AvgIpc) is 2.93. The lowest BCUT2D eigenvalue weighted by atomic mass is 10.2. The molecule has 1 aliphatic heterocycles. The van der Waals surface area contributed by atoms with Crippen LogP contribution in [0.5, 0.6) is 0 Å². The van der Waals surface area contributed by atoms with Crippen molar-refractivity contribution in [2.75, 3.05) is 19.0 Å². The van der Waals surface area contributed by atoms with Gasteiger partial charge >= 0.3 is 0 Å². The molecule has 0 radical (unpaired) electrons. The van der Waals surface area contributed by atoms with E-state index >= 15 is 0 Å². The van der Waals surface area contributed by atoms with Crippen LogP contribution in [0.15, 0.2) is 58.5 Å². The first-order valence-corrected chi connectivity index (χ1v) is 9.42. The number of amides is 1. The molecule has 142 valence electrons. The Balaban J connectivity index is 1.81. The molecule has 7 nitrogen and oxygen atoms in total. The van der Waals surface area contributed by atoms with E-state index in [1.165, 1.54) is 12.3 Å². The summed E-state index contributed by atoms with van der Waals surface area (Å²) in [7, 11) is 3.91. The van der Waals surface area contributed by atoms with E-state index in [0.29, 0.717) is 10.5 Å². The summed E-state index contributed by atoms with van der Waals surface area (Å²) in [5.74, 6) is -0.360. The van der Waals surface area contributed by atoms with E-state index < -0.39 is 4.92 Å². The molecule has 0 spiro atoms. The number of benzene rings is 2. The summed E-state index contributed by atoms with van der Waals surface area (Å²) >= 11 is 6.38. The van der Waals surface area contributed by atoms with Gasteiger partial charge in [-0.05, 0) is 42.1 Å². The van der Waals surface area contributed by atoms with Crippen molar-refractivity contribution in [2.24, 2.45) is 5.10 Å². The van der Waals surface area contributed by atoms with Gasteiger partial charge in [-0.1, -0.05) is 36.0 Å². The standard InChI is InChI=1S/C19H16N4O3S2/c1-21(2)15-9-7-13(8-10-15)11-17-18(24)22(19(27)28-17)20-12-14-5-3-4-6-16(14)23(25)26/h3-12H,1-2H3/b17-11+,20-12+. The van der Waals surface area contributed by atoms with E-state index in [9.17, 15) is 14.9 Å². The van der Waals surface area contributed by atoms with Crippen LogP contribution in [-0.4, -0.2) is 40.5 Å². The van der Waals surface area contributed by atoms with Crippen molar-refractivity contribution in [2.45, 2.75) is 0 Å². The molecule has 1 fully saturated rings. The Labute approximate surface area is 171 Å². The fourth-order valence-corrected chi connectivity index (χ4v) is 3.63. The van der Waals surface area contributed by atoms with Crippen LogP contribution in [-0.2, 0) is 4.79 Å². The summed E-state index contributed by atoms with van der Waals surface area (Å²) in [4.78, 5) is 25.7. The van der Waals surface area contributed by atoms with Crippen LogP contribution in [0.4, 0.5) is 11.4 Å². The van der Waals surface area contributed by atoms with Gasteiger partial charge in [0.25, 0.3) is 11.6 Å². The van der Waals surface area contributed by atoms with Gasteiger partial charge in [-0.3, -0.25) is 14.9 Å². The van der Waals surface area contributed by atoms with Gasteiger partial charge in [0.1, 0.15) is 0 Å². The van der Waals surface area contributed by atoms with Crippen LogP contribution in [0, 0.1) is 10.1 Å². The fraction of sp³-hybridized carbons (Fsp3) is 0.105. The average molecular weight is 412 g/mol.